The Labute approximate surface area is 91.0 Å². The van der Waals surface area contributed by atoms with Crippen LogP contribution in [0.1, 0.15) is 11.6 Å². The highest BCUT2D eigenvalue weighted by Crippen LogP contribution is 2.22. The molecule has 1 aromatic carbocycles. The van der Waals surface area contributed by atoms with E-state index < -0.39 is 0 Å². The zero-order valence-corrected chi connectivity index (χ0v) is 8.71. The van der Waals surface area contributed by atoms with E-state index in [-0.39, 0.29) is 6.04 Å². The Morgan fingerprint density at radius 3 is 2.60 bits per heavy atom. The van der Waals surface area contributed by atoms with Crippen LogP contribution in [0.4, 0.5) is 0 Å². The van der Waals surface area contributed by atoms with Crippen molar-refractivity contribution in [3.05, 3.63) is 73.0 Å². The number of rotatable bonds is 3. The first kappa shape index (κ1) is 9.78. The molecule has 0 fully saturated rings. The van der Waals surface area contributed by atoms with E-state index in [1.54, 1.807) is 0 Å². The molecule has 1 heteroatoms. The van der Waals surface area contributed by atoms with Gasteiger partial charge in [0.25, 0.3) is 0 Å². The molecule has 0 saturated heterocycles. The van der Waals surface area contributed by atoms with Gasteiger partial charge in [-0.3, -0.25) is 0 Å². The van der Waals surface area contributed by atoms with Gasteiger partial charge in [-0.05, 0) is 11.6 Å². The van der Waals surface area contributed by atoms with Crippen molar-refractivity contribution >= 4 is 0 Å². The lowest BCUT2D eigenvalue weighted by molar-refractivity contribution is 0.356. The summed E-state index contributed by atoms with van der Waals surface area (Å²) in [6, 6.07) is 10.7. The van der Waals surface area contributed by atoms with E-state index >= 15 is 0 Å². The van der Waals surface area contributed by atoms with Crippen molar-refractivity contribution in [2.24, 2.45) is 0 Å². The Morgan fingerprint density at radius 1 is 1.20 bits per heavy atom. The summed E-state index contributed by atoms with van der Waals surface area (Å²) in [7, 11) is 0. The standard InChI is InChI=1S/C14H15N/c1-2-14(13-9-5-3-6-10-13)15-11-7-4-8-12-15/h2-11,14H,1,12H2. The van der Waals surface area contributed by atoms with Crippen molar-refractivity contribution in [1.82, 2.24) is 4.90 Å². The molecule has 1 aromatic rings. The topological polar surface area (TPSA) is 3.24 Å². The molecule has 76 valence electrons. The Balaban J connectivity index is 2.21. The van der Waals surface area contributed by atoms with Crippen LogP contribution in [-0.2, 0) is 0 Å². The summed E-state index contributed by atoms with van der Waals surface area (Å²) in [6.07, 6.45) is 10.4. The minimum Gasteiger partial charge on any atom is -0.363 e. The highest BCUT2D eigenvalue weighted by molar-refractivity contribution is 5.25. The first-order valence-electron chi connectivity index (χ1n) is 5.18. The molecule has 1 nitrogen and oxygen atoms in total. The average molecular weight is 197 g/mol. The van der Waals surface area contributed by atoms with Crippen LogP contribution >= 0.6 is 0 Å². The van der Waals surface area contributed by atoms with Gasteiger partial charge in [0.2, 0.25) is 0 Å². The maximum absolute atomic E-state index is 3.91. The zero-order chi connectivity index (χ0) is 10.5. The lowest BCUT2D eigenvalue weighted by atomic mass is 10.1. The van der Waals surface area contributed by atoms with Crippen molar-refractivity contribution in [3.8, 4) is 0 Å². The summed E-state index contributed by atoms with van der Waals surface area (Å²) in [6.45, 7) is 4.86. The molecule has 1 heterocycles. The van der Waals surface area contributed by atoms with E-state index in [0.29, 0.717) is 0 Å². The Bertz CT molecular complexity index is 376. The van der Waals surface area contributed by atoms with Crippen LogP contribution in [0.15, 0.2) is 67.4 Å². The highest BCUT2D eigenvalue weighted by Gasteiger charge is 2.13. The molecule has 2 rings (SSSR count). The molecular weight excluding hydrogens is 182 g/mol. The summed E-state index contributed by atoms with van der Waals surface area (Å²) in [5.74, 6) is 0. The number of hydrogen-bond acceptors (Lipinski definition) is 1. The Hall–Kier alpha value is -1.76. The third-order valence-corrected chi connectivity index (χ3v) is 2.56. The molecule has 0 aromatic heterocycles. The predicted molar refractivity (Wildman–Crippen MR) is 64.4 cm³/mol. The summed E-state index contributed by atoms with van der Waals surface area (Å²) < 4.78 is 0. The van der Waals surface area contributed by atoms with Crippen LogP contribution < -0.4 is 0 Å². The number of benzene rings is 1. The first-order valence-corrected chi connectivity index (χ1v) is 5.18. The largest absolute Gasteiger partial charge is 0.363 e. The van der Waals surface area contributed by atoms with E-state index in [2.05, 4.69) is 60.2 Å². The van der Waals surface area contributed by atoms with E-state index in [4.69, 9.17) is 0 Å². The number of nitrogens with zero attached hydrogens (tertiary/aromatic N) is 1. The minimum absolute atomic E-state index is 0.271. The average Bonchev–Trinajstić information content (AvgIpc) is 2.33. The van der Waals surface area contributed by atoms with Crippen molar-refractivity contribution < 1.29 is 0 Å². The van der Waals surface area contributed by atoms with Crippen LogP contribution in [-0.4, -0.2) is 11.4 Å². The molecule has 1 unspecified atom stereocenters. The number of allylic oxidation sites excluding steroid dienone is 2. The van der Waals surface area contributed by atoms with E-state index in [1.807, 2.05) is 12.1 Å². The molecule has 0 aliphatic carbocycles. The second-order valence-corrected chi connectivity index (χ2v) is 3.56. The Kier molecular flexibility index (Phi) is 3.03. The molecule has 0 bridgehead atoms. The van der Waals surface area contributed by atoms with Crippen molar-refractivity contribution in [2.45, 2.75) is 6.04 Å². The molecule has 1 aliphatic rings. The Morgan fingerprint density at radius 2 is 2.00 bits per heavy atom. The SMILES string of the molecule is C=CC(c1ccccc1)N1C=CC=CC1. The third kappa shape index (κ3) is 2.18. The second kappa shape index (κ2) is 4.65. The molecule has 15 heavy (non-hydrogen) atoms. The molecule has 1 atom stereocenters. The quantitative estimate of drug-likeness (QED) is 0.672. The summed E-state index contributed by atoms with van der Waals surface area (Å²) in [5.41, 5.74) is 1.28. The van der Waals surface area contributed by atoms with Gasteiger partial charge in [-0.1, -0.05) is 48.6 Å². The number of hydrogen-bond donors (Lipinski definition) is 0. The fraction of sp³-hybridized carbons (Fsp3) is 0.143. The van der Waals surface area contributed by atoms with Crippen LogP contribution in [0.5, 0.6) is 0 Å². The van der Waals surface area contributed by atoms with E-state index in [0.717, 1.165) is 6.54 Å². The monoisotopic (exact) mass is 197 g/mol. The predicted octanol–water partition coefficient (Wildman–Crippen LogP) is 3.30. The summed E-state index contributed by atoms with van der Waals surface area (Å²) in [4.78, 5) is 2.27. The van der Waals surface area contributed by atoms with E-state index in [9.17, 15) is 0 Å². The smallest absolute Gasteiger partial charge is 0.0721 e. The summed E-state index contributed by atoms with van der Waals surface area (Å²) in [5, 5.41) is 0. The van der Waals surface area contributed by atoms with Crippen LogP contribution in [0.25, 0.3) is 0 Å². The van der Waals surface area contributed by atoms with Gasteiger partial charge in [0.15, 0.2) is 0 Å². The first-order chi connectivity index (χ1) is 7.42. The third-order valence-electron chi connectivity index (χ3n) is 2.56. The normalized spacial score (nSPS) is 16.4. The van der Waals surface area contributed by atoms with Gasteiger partial charge in [0, 0.05) is 12.7 Å². The van der Waals surface area contributed by atoms with Crippen LogP contribution in [0.2, 0.25) is 0 Å². The van der Waals surface area contributed by atoms with Gasteiger partial charge in [-0.25, -0.2) is 0 Å². The second-order valence-electron chi connectivity index (χ2n) is 3.56. The van der Waals surface area contributed by atoms with Gasteiger partial charge >= 0.3 is 0 Å². The van der Waals surface area contributed by atoms with Gasteiger partial charge in [-0.15, -0.1) is 6.58 Å². The van der Waals surface area contributed by atoms with Crippen molar-refractivity contribution in [1.29, 1.82) is 0 Å². The molecular formula is C14H15N. The van der Waals surface area contributed by atoms with Gasteiger partial charge < -0.3 is 4.90 Å². The maximum atomic E-state index is 3.91. The molecule has 0 radical (unpaired) electrons. The molecule has 0 N–H and O–H groups in total. The van der Waals surface area contributed by atoms with Crippen molar-refractivity contribution in [2.75, 3.05) is 6.54 Å². The lowest BCUT2D eigenvalue weighted by Crippen LogP contribution is -2.23. The zero-order valence-electron chi connectivity index (χ0n) is 8.71. The van der Waals surface area contributed by atoms with Gasteiger partial charge in [0.1, 0.15) is 0 Å². The maximum Gasteiger partial charge on any atom is 0.0721 e. The van der Waals surface area contributed by atoms with Gasteiger partial charge in [0.05, 0.1) is 6.04 Å². The molecule has 0 spiro atoms. The molecule has 1 aliphatic heterocycles. The fourth-order valence-electron chi connectivity index (χ4n) is 1.80. The van der Waals surface area contributed by atoms with Crippen molar-refractivity contribution in [3.63, 3.8) is 0 Å². The lowest BCUT2D eigenvalue weighted by Gasteiger charge is -2.28. The molecule has 0 saturated carbocycles. The highest BCUT2D eigenvalue weighted by atomic mass is 15.1. The van der Waals surface area contributed by atoms with E-state index in [1.165, 1.54) is 5.56 Å². The minimum atomic E-state index is 0.271. The van der Waals surface area contributed by atoms with Crippen LogP contribution in [0, 0.1) is 0 Å². The fourth-order valence-corrected chi connectivity index (χ4v) is 1.80. The van der Waals surface area contributed by atoms with Gasteiger partial charge in [-0.2, -0.15) is 0 Å². The summed E-state index contributed by atoms with van der Waals surface area (Å²) >= 11 is 0. The van der Waals surface area contributed by atoms with Crippen LogP contribution in [0.3, 0.4) is 0 Å². The molecule has 0 amide bonds.